The van der Waals surface area contributed by atoms with Crippen molar-refractivity contribution in [3.63, 3.8) is 0 Å². The first-order valence-corrected chi connectivity index (χ1v) is 5.06. The summed E-state index contributed by atoms with van der Waals surface area (Å²) in [6.07, 6.45) is 1.70. The summed E-state index contributed by atoms with van der Waals surface area (Å²) >= 11 is 0. The Morgan fingerprint density at radius 1 is 1.50 bits per heavy atom. The van der Waals surface area contributed by atoms with E-state index < -0.39 is 11.8 Å². The fourth-order valence-electron chi connectivity index (χ4n) is 1.36. The number of halogens is 1. The lowest BCUT2D eigenvalue weighted by Crippen LogP contribution is -2.31. The first-order valence-electron chi connectivity index (χ1n) is 5.06. The lowest BCUT2D eigenvalue weighted by molar-refractivity contribution is -0.135. The van der Waals surface area contributed by atoms with Crippen LogP contribution < -0.4 is 4.90 Å². The quantitative estimate of drug-likeness (QED) is 0.815. The van der Waals surface area contributed by atoms with Crippen LogP contribution in [0, 0.1) is 5.82 Å². The number of rotatable bonds is 5. The summed E-state index contributed by atoms with van der Waals surface area (Å²) in [5.74, 6) is -1.50. The van der Waals surface area contributed by atoms with Gasteiger partial charge in [-0.05, 0) is 13.3 Å². The summed E-state index contributed by atoms with van der Waals surface area (Å²) in [4.78, 5) is 19.5. The highest BCUT2D eigenvalue weighted by Crippen LogP contribution is 2.17. The van der Waals surface area contributed by atoms with E-state index in [4.69, 9.17) is 5.11 Å². The number of likely N-dealkylation sites (N-methyl/N-ethyl adjacent to an activating group) is 1. The molecule has 0 saturated heterocycles. The molecule has 16 heavy (non-hydrogen) atoms. The molecule has 0 spiro atoms. The largest absolute Gasteiger partial charge is 0.480 e. The van der Waals surface area contributed by atoms with Gasteiger partial charge in [0.15, 0.2) is 11.6 Å². The Balaban J connectivity index is 3.04. The van der Waals surface area contributed by atoms with Crippen molar-refractivity contribution in [2.75, 3.05) is 18.0 Å². The zero-order valence-corrected chi connectivity index (χ0v) is 9.27. The molecular formula is C10H14FN3O2. The fraction of sp³-hybridized carbons (Fsp3) is 0.500. The Hall–Kier alpha value is -1.72. The molecule has 0 radical (unpaired) electrons. The summed E-state index contributed by atoms with van der Waals surface area (Å²) in [7, 11) is 0. The van der Waals surface area contributed by atoms with Crippen molar-refractivity contribution in [1.82, 2.24) is 9.97 Å². The van der Waals surface area contributed by atoms with Crippen LogP contribution in [0.15, 0.2) is 6.33 Å². The molecule has 6 heteroatoms. The number of hydrogen-bond donors (Lipinski definition) is 1. The van der Waals surface area contributed by atoms with E-state index in [2.05, 4.69) is 9.97 Å². The van der Waals surface area contributed by atoms with E-state index in [1.165, 1.54) is 11.2 Å². The van der Waals surface area contributed by atoms with Gasteiger partial charge in [-0.25, -0.2) is 14.4 Å². The smallest absolute Gasteiger partial charge is 0.323 e. The molecule has 0 aliphatic heterocycles. The molecule has 0 aliphatic carbocycles. The zero-order valence-electron chi connectivity index (χ0n) is 9.27. The second-order valence-corrected chi connectivity index (χ2v) is 3.22. The van der Waals surface area contributed by atoms with E-state index in [1.54, 1.807) is 13.8 Å². The number of aliphatic carboxylic acids is 1. The summed E-state index contributed by atoms with van der Waals surface area (Å²) in [6, 6.07) is 0. The van der Waals surface area contributed by atoms with E-state index in [1.807, 2.05) is 0 Å². The van der Waals surface area contributed by atoms with Crippen molar-refractivity contribution >= 4 is 11.8 Å². The number of nitrogens with zero attached hydrogens (tertiary/aromatic N) is 3. The van der Waals surface area contributed by atoms with Crippen molar-refractivity contribution in [1.29, 1.82) is 0 Å². The molecule has 1 N–H and O–H groups in total. The lowest BCUT2D eigenvalue weighted by Gasteiger charge is -2.20. The first kappa shape index (κ1) is 12.4. The van der Waals surface area contributed by atoms with Crippen LogP contribution in [0.2, 0.25) is 0 Å². The van der Waals surface area contributed by atoms with Crippen LogP contribution in [0.1, 0.15) is 19.5 Å². The molecule has 0 unspecified atom stereocenters. The minimum absolute atomic E-state index is 0.0525. The average Bonchev–Trinajstić information content (AvgIpc) is 2.26. The summed E-state index contributed by atoms with van der Waals surface area (Å²) in [6.45, 7) is 3.63. The van der Waals surface area contributed by atoms with Crippen LogP contribution in [0.5, 0.6) is 0 Å². The number of aromatic nitrogens is 2. The SMILES string of the molecule is CCc1ncnc(N(CC)CC(=O)O)c1F. The van der Waals surface area contributed by atoms with Crippen LogP contribution in [-0.4, -0.2) is 34.1 Å². The minimum atomic E-state index is -1.02. The van der Waals surface area contributed by atoms with Gasteiger partial charge in [0, 0.05) is 6.54 Å². The van der Waals surface area contributed by atoms with E-state index in [0.717, 1.165) is 0 Å². The second kappa shape index (κ2) is 5.39. The normalized spacial score (nSPS) is 10.2. The summed E-state index contributed by atoms with van der Waals surface area (Å²) < 4.78 is 13.8. The van der Waals surface area contributed by atoms with E-state index in [0.29, 0.717) is 18.7 Å². The standard InChI is InChI=1S/C10H14FN3O2/c1-3-7-9(11)10(13-6-12-7)14(4-2)5-8(15)16/h6H,3-5H2,1-2H3,(H,15,16). The maximum Gasteiger partial charge on any atom is 0.323 e. The molecule has 1 heterocycles. The van der Waals surface area contributed by atoms with Crippen LogP contribution in [0.3, 0.4) is 0 Å². The van der Waals surface area contributed by atoms with Gasteiger partial charge in [0.1, 0.15) is 12.9 Å². The highest BCUT2D eigenvalue weighted by atomic mass is 19.1. The first-order chi connectivity index (χ1) is 7.60. The van der Waals surface area contributed by atoms with Crippen molar-refractivity contribution in [2.45, 2.75) is 20.3 Å². The maximum absolute atomic E-state index is 13.8. The Labute approximate surface area is 92.9 Å². The topological polar surface area (TPSA) is 66.3 Å². The van der Waals surface area contributed by atoms with Gasteiger partial charge in [0.2, 0.25) is 0 Å². The lowest BCUT2D eigenvalue weighted by atomic mass is 10.3. The minimum Gasteiger partial charge on any atom is -0.480 e. The van der Waals surface area contributed by atoms with Crippen molar-refractivity contribution in [3.8, 4) is 0 Å². The number of hydrogen-bond acceptors (Lipinski definition) is 4. The fourth-order valence-corrected chi connectivity index (χ4v) is 1.36. The second-order valence-electron chi connectivity index (χ2n) is 3.22. The maximum atomic E-state index is 13.8. The molecular weight excluding hydrogens is 213 g/mol. The van der Waals surface area contributed by atoms with Gasteiger partial charge in [-0.3, -0.25) is 4.79 Å². The number of carboxylic acids is 1. The zero-order chi connectivity index (χ0) is 12.1. The highest BCUT2D eigenvalue weighted by Gasteiger charge is 2.17. The molecule has 1 aromatic heterocycles. The summed E-state index contributed by atoms with van der Waals surface area (Å²) in [5, 5.41) is 8.69. The number of aryl methyl sites for hydroxylation is 1. The monoisotopic (exact) mass is 227 g/mol. The van der Waals surface area contributed by atoms with Gasteiger partial charge in [-0.1, -0.05) is 6.92 Å². The van der Waals surface area contributed by atoms with Crippen LogP contribution >= 0.6 is 0 Å². The van der Waals surface area contributed by atoms with Gasteiger partial charge in [-0.15, -0.1) is 0 Å². The van der Waals surface area contributed by atoms with Gasteiger partial charge >= 0.3 is 5.97 Å². The van der Waals surface area contributed by atoms with Crippen molar-refractivity contribution < 1.29 is 14.3 Å². The third-order valence-corrected chi connectivity index (χ3v) is 2.19. The van der Waals surface area contributed by atoms with Gasteiger partial charge in [0.05, 0.1) is 5.69 Å². The predicted octanol–water partition coefficient (Wildman–Crippen LogP) is 1.09. The van der Waals surface area contributed by atoms with Crippen LogP contribution in [-0.2, 0) is 11.2 Å². The predicted molar refractivity (Wildman–Crippen MR) is 56.9 cm³/mol. The molecule has 0 fully saturated rings. The Morgan fingerprint density at radius 2 is 2.19 bits per heavy atom. The third-order valence-electron chi connectivity index (χ3n) is 2.19. The van der Waals surface area contributed by atoms with Crippen LogP contribution in [0.4, 0.5) is 10.2 Å². The molecule has 1 aromatic rings. The van der Waals surface area contributed by atoms with E-state index in [-0.39, 0.29) is 12.4 Å². The van der Waals surface area contributed by atoms with Gasteiger partial charge in [-0.2, -0.15) is 0 Å². The molecule has 0 saturated carbocycles. The Bertz CT molecular complexity index is 384. The molecule has 88 valence electrons. The van der Waals surface area contributed by atoms with Crippen molar-refractivity contribution in [3.05, 3.63) is 17.8 Å². The number of carboxylic acid groups (broad SMARTS) is 1. The van der Waals surface area contributed by atoms with Gasteiger partial charge in [0.25, 0.3) is 0 Å². The molecule has 1 rings (SSSR count). The van der Waals surface area contributed by atoms with E-state index in [9.17, 15) is 9.18 Å². The molecule has 0 aromatic carbocycles. The van der Waals surface area contributed by atoms with E-state index >= 15 is 0 Å². The number of anilines is 1. The molecule has 0 atom stereocenters. The third kappa shape index (κ3) is 2.65. The summed E-state index contributed by atoms with van der Waals surface area (Å²) in [5.41, 5.74) is 0.300. The average molecular weight is 227 g/mol. The molecule has 0 bridgehead atoms. The Morgan fingerprint density at radius 3 is 2.69 bits per heavy atom. The molecule has 0 amide bonds. The molecule has 5 nitrogen and oxygen atoms in total. The molecule has 0 aliphatic rings. The van der Waals surface area contributed by atoms with Gasteiger partial charge < -0.3 is 10.0 Å². The highest BCUT2D eigenvalue weighted by molar-refractivity contribution is 5.73. The van der Waals surface area contributed by atoms with Crippen LogP contribution in [0.25, 0.3) is 0 Å². The number of carbonyl (C=O) groups is 1. The Kier molecular flexibility index (Phi) is 4.16. The van der Waals surface area contributed by atoms with Crippen molar-refractivity contribution in [2.24, 2.45) is 0 Å².